The fraction of sp³-hybridized carbons (Fsp3) is 0.180. The Labute approximate surface area is 358 Å². The van der Waals surface area contributed by atoms with Crippen molar-refractivity contribution in [3.63, 3.8) is 0 Å². The van der Waals surface area contributed by atoms with Crippen LogP contribution >= 0.6 is 11.9 Å². The van der Waals surface area contributed by atoms with E-state index in [-0.39, 0.29) is 18.5 Å². The summed E-state index contributed by atoms with van der Waals surface area (Å²) in [4.78, 5) is 9.62. The summed E-state index contributed by atoms with van der Waals surface area (Å²) in [6.45, 7) is 0.0611. The van der Waals surface area contributed by atoms with E-state index in [1.54, 1.807) is 30.8 Å². The van der Waals surface area contributed by atoms with Crippen molar-refractivity contribution in [2.24, 2.45) is 0 Å². The van der Waals surface area contributed by atoms with Crippen LogP contribution in [0.25, 0.3) is 11.2 Å². The highest BCUT2D eigenvalue weighted by Gasteiger charge is 2.43. The molecule has 0 saturated carbocycles. The molecule has 0 aliphatic carbocycles. The second-order valence-electron chi connectivity index (χ2n) is 14.9. The predicted octanol–water partition coefficient (Wildman–Crippen LogP) is 8.87. The lowest BCUT2D eigenvalue weighted by atomic mass is 9.80. The van der Waals surface area contributed by atoms with Gasteiger partial charge in [0.25, 0.3) is 0 Å². The summed E-state index contributed by atoms with van der Waals surface area (Å²) in [7, 11) is 3.29. The molecule has 306 valence electrons. The van der Waals surface area contributed by atoms with Gasteiger partial charge in [-0.15, -0.1) is 0 Å². The van der Waals surface area contributed by atoms with Gasteiger partial charge in [-0.05, 0) is 69.6 Å². The van der Waals surface area contributed by atoms with E-state index in [1.165, 1.54) is 11.9 Å². The second-order valence-corrected chi connectivity index (χ2v) is 16.0. The molecule has 10 nitrogen and oxygen atoms in total. The van der Waals surface area contributed by atoms with Gasteiger partial charge in [0.15, 0.2) is 16.7 Å². The zero-order valence-electron chi connectivity index (χ0n) is 33.7. The van der Waals surface area contributed by atoms with E-state index in [4.69, 9.17) is 28.9 Å². The molecule has 61 heavy (non-hydrogen) atoms. The van der Waals surface area contributed by atoms with E-state index in [1.807, 2.05) is 138 Å². The topological polar surface area (TPSA) is 117 Å². The Morgan fingerprint density at radius 2 is 1.10 bits per heavy atom. The molecule has 1 saturated heterocycles. The zero-order valence-corrected chi connectivity index (χ0v) is 34.6. The molecule has 0 amide bonds. The standard InChI is InChI=1S/C50H45N5O5S/c1-57-41-27-23-36(24-28-41)49(35-15-7-3-8-16-35,37-25-29-42(58-2)30-26-37)59-32-44-43(56)31-45(60-44)54-33-52-46-47(51)55(34-53-48(46)54)61-50(38-17-9-4-10-18-38,39-19-11-5-12-20-39)40-21-13-6-14-22-40/h3-30,33-34,43-45,51,56H,31-32H2,1-2H3/t43-,44+,45+/m0/s1. The number of fused-ring (bicyclic) bond motifs is 1. The third kappa shape index (κ3) is 7.40. The summed E-state index contributed by atoms with van der Waals surface area (Å²) in [6, 6.07) is 56.7. The van der Waals surface area contributed by atoms with E-state index in [0.717, 1.165) is 44.9 Å². The van der Waals surface area contributed by atoms with Crippen LogP contribution < -0.4 is 15.0 Å². The molecule has 2 aromatic heterocycles. The Hall–Kier alpha value is -6.50. The highest BCUT2D eigenvalue weighted by atomic mass is 32.2. The largest absolute Gasteiger partial charge is 0.497 e. The summed E-state index contributed by atoms with van der Waals surface area (Å²) in [5.41, 5.74) is 5.86. The van der Waals surface area contributed by atoms with Crippen LogP contribution in [0.5, 0.6) is 11.5 Å². The van der Waals surface area contributed by atoms with Gasteiger partial charge in [-0.1, -0.05) is 146 Å². The quantitative estimate of drug-likeness (QED) is 0.105. The van der Waals surface area contributed by atoms with Gasteiger partial charge >= 0.3 is 0 Å². The minimum atomic E-state index is -1.08. The maximum absolute atomic E-state index is 11.6. The van der Waals surface area contributed by atoms with Crippen LogP contribution in [0.3, 0.4) is 0 Å². The first-order valence-corrected chi connectivity index (χ1v) is 20.9. The molecule has 9 rings (SSSR count). The average Bonchev–Trinajstić information content (AvgIpc) is 3.94. The first kappa shape index (κ1) is 39.9. The van der Waals surface area contributed by atoms with Crippen molar-refractivity contribution in [1.82, 2.24) is 18.5 Å². The highest BCUT2D eigenvalue weighted by molar-refractivity contribution is 7.99. The first-order chi connectivity index (χ1) is 29.9. The molecule has 0 spiro atoms. The zero-order chi connectivity index (χ0) is 41.8. The van der Waals surface area contributed by atoms with E-state index in [9.17, 15) is 10.5 Å². The van der Waals surface area contributed by atoms with Crippen LogP contribution in [0.4, 0.5) is 0 Å². The highest BCUT2D eigenvalue weighted by Crippen LogP contribution is 2.49. The number of hydrogen-bond donors (Lipinski definition) is 2. The van der Waals surface area contributed by atoms with Crippen molar-refractivity contribution in [3.8, 4) is 11.5 Å². The molecular weight excluding hydrogens is 783 g/mol. The Morgan fingerprint density at radius 3 is 1.57 bits per heavy atom. The van der Waals surface area contributed by atoms with E-state index in [2.05, 4.69) is 36.4 Å². The Kier molecular flexibility index (Phi) is 11.3. The molecule has 8 aromatic rings. The number of aliphatic hydroxyl groups is 1. The lowest BCUT2D eigenvalue weighted by Gasteiger charge is -2.37. The minimum absolute atomic E-state index is 0.0611. The lowest BCUT2D eigenvalue weighted by molar-refractivity contribution is -0.0931. The Morgan fingerprint density at radius 1 is 0.639 bits per heavy atom. The van der Waals surface area contributed by atoms with Crippen molar-refractivity contribution in [2.45, 2.75) is 35.2 Å². The fourth-order valence-corrected chi connectivity index (χ4v) is 9.63. The first-order valence-electron chi connectivity index (χ1n) is 20.1. The molecule has 6 aromatic carbocycles. The average molecular weight is 828 g/mol. The predicted molar refractivity (Wildman–Crippen MR) is 236 cm³/mol. The van der Waals surface area contributed by atoms with Gasteiger partial charge in [0.1, 0.15) is 40.5 Å². The molecule has 0 unspecified atom stereocenters. The number of imidazole rings is 1. The molecule has 1 fully saturated rings. The number of benzene rings is 6. The van der Waals surface area contributed by atoms with Gasteiger partial charge in [0.05, 0.1) is 33.3 Å². The molecule has 1 aliphatic heterocycles. The number of ether oxygens (including phenoxy) is 4. The number of nitrogens with zero attached hydrogens (tertiary/aromatic N) is 4. The van der Waals surface area contributed by atoms with Gasteiger partial charge in [-0.3, -0.25) is 13.9 Å². The molecule has 2 N–H and O–H groups in total. The van der Waals surface area contributed by atoms with Gasteiger partial charge in [-0.25, -0.2) is 9.97 Å². The molecule has 1 aliphatic rings. The van der Waals surface area contributed by atoms with Crippen molar-refractivity contribution in [2.75, 3.05) is 20.8 Å². The summed E-state index contributed by atoms with van der Waals surface area (Å²) < 4.78 is 27.6. The smallest absolute Gasteiger partial charge is 0.167 e. The number of aromatic nitrogens is 4. The third-order valence-corrected chi connectivity index (χ3v) is 12.9. The molecule has 0 radical (unpaired) electrons. The monoisotopic (exact) mass is 827 g/mol. The number of hydrogen-bond acceptors (Lipinski definition) is 9. The van der Waals surface area contributed by atoms with E-state index < -0.39 is 28.8 Å². The lowest BCUT2D eigenvalue weighted by Crippen LogP contribution is -2.38. The number of methoxy groups -OCH3 is 2. The number of aliphatic hydroxyl groups excluding tert-OH is 1. The van der Waals surface area contributed by atoms with Gasteiger partial charge in [0, 0.05) is 6.42 Å². The van der Waals surface area contributed by atoms with Gasteiger partial charge < -0.3 is 24.1 Å². The maximum Gasteiger partial charge on any atom is 0.167 e. The Balaban J connectivity index is 1.04. The van der Waals surface area contributed by atoms with Crippen LogP contribution in [-0.2, 0) is 19.8 Å². The third-order valence-electron chi connectivity index (χ3n) is 11.4. The van der Waals surface area contributed by atoms with Crippen molar-refractivity contribution < 1.29 is 24.1 Å². The maximum atomic E-state index is 11.6. The summed E-state index contributed by atoms with van der Waals surface area (Å²) >= 11 is 1.50. The van der Waals surface area contributed by atoms with E-state index >= 15 is 0 Å². The van der Waals surface area contributed by atoms with Crippen LogP contribution in [0.15, 0.2) is 183 Å². The van der Waals surface area contributed by atoms with Crippen molar-refractivity contribution >= 4 is 23.1 Å². The molecular formula is C50H45N5O5S. The molecule has 3 heterocycles. The van der Waals surface area contributed by atoms with Gasteiger partial charge in [0.2, 0.25) is 0 Å². The minimum Gasteiger partial charge on any atom is -0.497 e. The van der Waals surface area contributed by atoms with Crippen LogP contribution in [-0.4, -0.2) is 56.6 Å². The van der Waals surface area contributed by atoms with Gasteiger partial charge in [-0.2, -0.15) is 0 Å². The number of nitrogens with one attached hydrogen (secondary N) is 1. The molecule has 11 heteroatoms. The summed E-state index contributed by atoms with van der Waals surface area (Å²) in [5, 5.41) is 21.1. The molecule has 3 atom stereocenters. The van der Waals surface area contributed by atoms with Crippen LogP contribution in [0.1, 0.15) is 46.0 Å². The van der Waals surface area contributed by atoms with E-state index in [0.29, 0.717) is 11.2 Å². The number of rotatable bonds is 14. The Bertz CT molecular complexity index is 2610. The van der Waals surface area contributed by atoms with Crippen LogP contribution in [0.2, 0.25) is 0 Å². The normalized spacial score (nSPS) is 16.7. The second kappa shape index (κ2) is 17.2. The molecule has 0 bridgehead atoms. The SMILES string of the molecule is COc1ccc(C(OC[C@H]2O[C@@H](n3cnc4c(=N)n(SC(c5ccccc5)(c5ccccc5)c5ccccc5)cnc43)C[C@@H]2O)(c2ccccc2)c2ccc(OC)cc2)cc1. The van der Waals surface area contributed by atoms with Crippen LogP contribution in [0, 0.1) is 5.41 Å². The summed E-state index contributed by atoms with van der Waals surface area (Å²) in [6.07, 6.45) is 1.46. The summed E-state index contributed by atoms with van der Waals surface area (Å²) in [5.74, 6) is 1.45. The van der Waals surface area contributed by atoms with Crippen molar-refractivity contribution in [3.05, 3.63) is 221 Å². The van der Waals surface area contributed by atoms with Crippen molar-refractivity contribution in [1.29, 1.82) is 5.41 Å². The fourth-order valence-electron chi connectivity index (χ4n) is 8.34.